The molecule has 0 heterocycles. The Morgan fingerprint density at radius 3 is 2.47 bits per heavy atom. The largest absolute Gasteiger partial charge is 0.393 e. The van der Waals surface area contributed by atoms with Crippen molar-refractivity contribution < 1.29 is 0 Å². The molecule has 17 heavy (non-hydrogen) atoms. The number of nitrogens with two attached hydrogens (primary N) is 1. The van der Waals surface area contributed by atoms with Gasteiger partial charge in [0.2, 0.25) is 0 Å². The molecule has 1 aliphatic rings. The van der Waals surface area contributed by atoms with Crippen LogP contribution in [0.5, 0.6) is 0 Å². The van der Waals surface area contributed by atoms with E-state index < -0.39 is 0 Å². The van der Waals surface area contributed by atoms with Gasteiger partial charge in [0.1, 0.15) is 0 Å². The quantitative estimate of drug-likeness (QED) is 0.826. The number of fused-ring (bicyclic) bond motifs is 1. The molecular weight excluding hydrogens is 226 g/mol. The zero-order valence-corrected chi connectivity index (χ0v) is 11.5. The van der Waals surface area contributed by atoms with Crippen LogP contribution in [0.2, 0.25) is 0 Å². The van der Waals surface area contributed by atoms with Gasteiger partial charge in [0.25, 0.3) is 0 Å². The number of aryl methyl sites for hydroxylation is 2. The van der Waals surface area contributed by atoms with Crippen molar-refractivity contribution in [2.24, 2.45) is 11.7 Å². The van der Waals surface area contributed by atoms with Crippen LogP contribution < -0.4 is 5.73 Å². The van der Waals surface area contributed by atoms with Crippen LogP contribution in [0.15, 0.2) is 18.2 Å². The van der Waals surface area contributed by atoms with Gasteiger partial charge in [-0.15, -0.1) is 0 Å². The molecule has 1 aromatic rings. The highest BCUT2D eigenvalue weighted by molar-refractivity contribution is 7.80. The normalized spacial score (nSPS) is 18.2. The first-order valence-electron chi connectivity index (χ1n) is 6.50. The van der Waals surface area contributed by atoms with E-state index in [2.05, 4.69) is 32.0 Å². The maximum atomic E-state index is 5.74. The molecule has 0 radical (unpaired) electrons. The van der Waals surface area contributed by atoms with Crippen LogP contribution in [-0.2, 0) is 12.8 Å². The van der Waals surface area contributed by atoms with Crippen LogP contribution in [0.1, 0.15) is 49.3 Å². The molecule has 1 nitrogen and oxygen atoms in total. The van der Waals surface area contributed by atoms with Gasteiger partial charge in [-0.2, -0.15) is 0 Å². The average molecular weight is 247 g/mol. The molecule has 2 N–H and O–H groups in total. The van der Waals surface area contributed by atoms with Gasteiger partial charge >= 0.3 is 0 Å². The predicted octanol–water partition coefficient (Wildman–Crippen LogP) is 3.59. The van der Waals surface area contributed by atoms with E-state index >= 15 is 0 Å². The van der Waals surface area contributed by atoms with E-state index in [1.807, 2.05) is 0 Å². The molecule has 0 bridgehead atoms. The molecule has 1 aromatic carbocycles. The van der Waals surface area contributed by atoms with Crippen LogP contribution in [0.25, 0.3) is 0 Å². The maximum Gasteiger partial charge on any atom is 0.0761 e. The van der Waals surface area contributed by atoms with E-state index in [9.17, 15) is 0 Å². The fourth-order valence-electron chi connectivity index (χ4n) is 2.57. The fraction of sp³-hybridized carbons (Fsp3) is 0.533. The van der Waals surface area contributed by atoms with Gasteiger partial charge < -0.3 is 5.73 Å². The molecule has 1 aliphatic carbocycles. The highest BCUT2D eigenvalue weighted by Gasteiger charge is 2.18. The van der Waals surface area contributed by atoms with E-state index in [0.29, 0.717) is 10.9 Å². The average Bonchev–Trinajstić information content (AvgIpc) is 2.36. The van der Waals surface area contributed by atoms with Crippen molar-refractivity contribution in [1.82, 2.24) is 0 Å². The van der Waals surface area contributed by atoms with Crippen LogP contribution in [0, 0.1) is 5.92 Å². The van der Waals surface area contributed by atoms with Gasteiger partial charge in [0.05, 0.1) is 4.99 Å². The third-order valence-electron chi connectivity index (χ3n) is 4.10. The van der Waals surface area contributed by atoms with E-state index in [4.69, 9.17) is 18.0 Å². The first kappa shape index (κ1) is 12.6. The van der Waals surface area contributed by atoms with Crippen molar-refractivity contribution in [2.45, 2.75) is 45.4 Å². The summed E-state index contributed by atoms with van der Waals surface area (Å²) in [6.45, 7) is 4.33. The second-order valence-corrected chi connectivity index (χ2v) is 5.69. The van der Waals surface area contributed by atoms with Crippen LogP contribution >= 0.6 is 12.2 Å². The molecule has 0 amide bonds. The van der Waals surface area contributed by atoms with Gasteiger partial charge in [-0.05, 0) is 48.3 Å². The summed E-state index contributed by atoms with van der Waals surface area (Å²) >= 11 is 5.09. The summed E-state index contributed by atoms with van der Waals surface area (Å²) in [5.41, 5.74) is 10.2. The molecule has 92 valence electrons. The lowest BCUT2D eigenvalue weighted by atomic mass is 9.84. The van der Waals surface area contributed by atoms with Gasteiger partial charge in [0, 0.05) is 5.92 Å². The van der Waals surface area contributed by atoms with Gasteiger partial charge in [-0.1, -0.05) is 44.3 Å². The van der Waals surface area contributed by atoms with Crippen LogP contribution in [-0.4, -0.2) is 4.99 Å². The highest BCUT2D eigenvalue weighted by atomic mass is 32.1. The number of hydrogen-bond acceptors (Lipinski definition) is 1. The van der Waals surface area contributed by atoms with E-state index in [-0.39, 0.29) is 5.92 Å². The second kappa shape index (κ2) is 5.18. The van der Waals surface area contributed by atoms with Gasteiger partial charge in [0.15, 0.2) is 0 Å². The standard InChI is InChI=1S/C15H21NS/c1-10(11(2)15(16)17)13-8-7-12-5-3-4-6-14(12)9-13/h7-11H,3-6H2,1-2H3,(H2,16,17). The van der Waals surface area contributed by atoms with Crippen molar-refractivity contribution in [2.75, 3.05) is 0 Å². The Morgan fingerprint density at radius 2 is 1.82 bits per heavy atom. The van der Waals surface area contributed by atoms with Crippen LogP contribution in [0.4, 0.5) is 0 Å². The number of hydrogen-bond donors (Lipinski definition) is 1. The topological polar surface area (TPSA) is 26.0 Å². The van der Waals surface area contributed by atoms with Gasteiger partial charge in [-0.25, -0.2) is 0 Å². The lowest BCUT2D eigenvalue weighted by Crippen LogP contribution is -2.23. The Morgan fingerprint density at radius 1 is 1.18 bits per heavy atom. The van der Waals surface area contributed by atoms with Crippen molar-refractivity contribution in [3.05, 3.63) is 34.9 Å². The molecule has 2 unspecified atom stereocenters. The molecule has 0 fully saturated rings. The minimum absolute atomic E-state index is 0.270. The first-order chi connectivity index (χ1) is 8.09. The SMILES string of the molecule is CC(C(N)=S)C(C)c1ccc2c(c1)CCCC2. The van der Waals surface area contributed by atoms with Crippen molar-refractivity contribution in [1.29, 1.82) is 0 Å². The monoisotopic (exact) mass is 247 g/mol. The van der Waals surface area contributed by atoms with E-state index in [0.717, 1.165) is 0 Å². The van der Waals surface area contributed by atoms with Gasteiger partial charge in [-0.3, -0.25) is 0 Å². The lowest BCUT2D eigenvalue weighted by molar-refractivity contribution is 0.621. The maximum absolute atomic E-state index is 5.74. The van der Waals surface area contributed by atoms with Crippen molar-refractivity contribution >= 4 is 17.2 Å². The number of rotatable bonds is 3. The van der Waals surface area contributed by atoms with Crippen molar-refractivity contribution in [3.8, 4) is 0 Å². The zero-order chi connectivity index (χ0) is 12.4. The van der Waals surface area contributed by atoms with Crippen molar-refractivity contribution in [3.63, 3.8) is 0 Å². The molecule has 0 aromatic heterocycles. The molecule has 0 aliphatic heterocycles. The Bertz CT molecular complexity index is 425. The first-order valence-corrected chi connectivity index (χ1v) is 6.91. The molecule has 0 saturated carbocycles. The van der Waals surface area contributed by atoms with E-state index in [1.165, 1.54) is 42.4 Å². The number of benzene rings is 1. The molecule has 0 spiro atoms. The third kappa shape index (κ3) is 2.68. The summed E-state index contributed by atoms with van der Waals surface area (Å²) in [5, 5.41) is 0. The minimum Gasteiger partial charge on any atom is -0.393 e. The minimum atomic E-state index is 0.270. The summed E-state index contributed by atoms with van der Waals surface area (Å²) in [7, 11) is 0. The summed E-state index contributed by atoms with van der Waals surface area (Å²) in [4.78, 5) is 0.621. The third-order valence-corrected chi connectivity index (χ3v) is 4.47. The zero-order valence-electron chi connectivity index (χ0n) is 10.7. The Kier molecular flexibility index (Phi) is 3.82. The lowest BCUT2D eigenvalue weighted by Gasteiger charge is -2.22. The van der Waals surface area contributed by atoms with Crippen LogP contribution in [0.3, 0.4) is 0 Å². The smallest absolute Gasteiger partial charge is 0.0761 e. The molecule has 2 heteroatoms. The highest BCUT2D eigenvalue weighted by Crippen LogP contribution is 2.29. The summed E-state index contributed by atoms with van der Waals surface area (Å²) < 4.78 is 0. The summed E-state index contributed by atoms with van der Waals surface area (Å²) in [6, 6.07) is 6.92. The molecule has 2 rings (SSSR count). The molecular formula is C15H21NS. The Hall–Kier alpha value is -0.890. The second-order valence-electron chi connectivity index (χ2n) is 5.21. The number of thiocarbonyl (C=S) groups is 1. The molecule has 0 saturated heterocycles. The fourth-order valence-corrected chi connectivity index (χ4v) is 2.78. The Balaban J connectivity index is 2.24. The predicted molar refractivity (Wildman–Crippen MR) is 77.4 cm³/mol. The summed E-state index contributed by atoms with van der Waals surface area (Å²) in [6.07, 6.45) is 5.15. The van der Waals surface area contributed by atoms with E-state index in [1.54, 1.807) is 0 Å². The Labute approximate surface area is 109 Å². The summed E-state index contributed by atoms with van der Waals surface area (Å²) in [5.74, 6) is 0.686. The molecule has 2 atom stereocenters.